The number of aliphatic hydroxyl groups is 1. The van der Waals surface area contributed by atoms with Crippen LogP contribution in [0, 0.1) is 6.92 Å². The zero-order valence-electron chi connectivity index (χ0n) is 10.9. The van der Waals surface area contributed by atoms with Gasteiger partial charge in [-0.1, -0.05) is 30.5 Å². The average Bonchev–Trinajstić information content (AvgIpc) is 2.37. The molecular formula is C14H19ClN2O2. The Bertz CT molecular complexity index is 465. The highest BCUT2D eigenvalue weighted by molar-refractivity contribution is 6.31. The summed E-state index contributed by atoms with van der Waals surface area (Å²) in [4.78, 5) is 11.8. The van der Waals surface area contributed by atoms with Gasteiger partial charge >= 0.3 is 6.03 Å². The predicted octanol–water partition coefficient (Wildman–Crippen LogP) is 3.07. The van der Waals surface area contributed by atoms with Crippen LogP contribution in [0.3, 0.4) is 0 Å². The van der Waals surface area contributed by atoms with Gasteiger partial charge in [0.05, 0.1) is 12.1 Å². The van der Waals surface area contributed by atoms with Crippen LogP contribution >= 0.6 is 11.6 Å². The average molecular weight is 283 g/mol. The standard InChI is InChI=1S/C14H19ClN2O2/c1-9-6-7-10(8-11(9)15)16-14(19)17-12-4-2-3-5-13(12)18/h6-8,12-13,18H,2-5H2,1H3,(H2,16,17,19)/t12-,13-/m1/s1. The largest absolute Gasteiger partial charge is 0.391 e. The summed E-state index contributed by atoms with van der Waals surface area (Å²) in [5.41, 5.74) is 1.62. The molecule has 2 amide bonds. The van der Waals surface area contributed by atoms with E-state index in [0.29, 0.717) is 10.7 Å². The number of halogens is 1. The minimum Gasteiger partial charge on any atom is -0.391 e. The van der Waals surface area contributed by atoms with E-state index in [1.54, 1.807) is 12.1 Å². The number of anilines is 1. The van der Waals surface area contributed by atoms with E-state index in [1.165, 1.54) is 0 Å². The molecule has 0 heterocycles. The second-order valence-electron chi connectivity index (χ2n) is 5.02. The number of hydrogen-bond donors (Lipinski definition) is 3. The Morgan fingerprint density at radius 2 is 2.11 bits per heavy atom. The SMILES string of the molecule is Cc1ccc(NC(=O)N[C@@H]2CCCC[C@H]2O)cc1Cl. The van der Waals surface area contributed by atoms with E-state index in [4.69, 9.17) is 11.6 Å². The summed E-state index contributed by atoms with van der Waals surface area (Å²) in [5.74, 6) is 0. The van der Waals surface area contributed by atoms with Crippen molar-refractivity contribution in [3.63, 3.8) is 0 Å². The Morgan fingerprint density at radius 3 is 2.79 bits per heavy atom. The molecule has 1 aliphatic carbocycles. The number of carbonyl (C=O) groups is 1. The van der Waals surface area contributed by atoms with E-state index in [2.05, 4.69) is 10.6 Å². The van der Waals surface area contributed by atoms with Gasteiger partial charge in [-0.05, 0) is 37.5 Å². The fraction of sp³-hybridized carbons (Fsp3) is 0.500. The van der Waals surface area contributed by atoms with Gasteiger partial charge < -0.3 is 15.7 Å². The molecule has 1 aromatic rings. The Hall–Kier alpha value is -1.26. The molecule has 2 atom stereocenters. The van der Waals surface area contributed by atoms with Crippen LogP contribution in [0.15, 0.2) is 18.2 Å². The Kier molecular flexibility index (Phi) is 4.66. The number of rotatable bonds is 2. The Labute approximate surface area is 118 Å². The Morgan fingerprint density at radius 1 is 1.37 bits per heavy atom. The van der Waals surface area contributed by atoms with Crippen molar-refractivity contribution in [2.45, 2.75) is 44.8 Å². The van der Waals surface area contributed by atoms with E-state index in [1.807, 2.05) is 13.0 Å². The molecule has 0 aliphatic heterocycles. The third kappa shape index (κ3) is 3.85. The normalized spacial score (nSPS) is 22.9. The molecule has 5 heteroatoms. The number of nitrogens with one attached hydrogen (secondary N) is 2. The topological polar surface area (TPSA) is 61.4 Å². The van der Waals surface area contributed by atoms with E-state index in [9.17, 15) is 9.90 Å². The molecular weight excluding hydrogens is 264 g/mol. The monoisotopic (exact) mass is 282 g/mol. The van der Waals surface area contributed by atoms with Crippen LogP contribution in [0.4, 0.5) is 10.5 Å². The molecule has 0 radical (unpaired) electrons. The third-order valence-electron chi connectivity index (χ3n) is 3.48. The van der Waals surface area contributed by atoms with Crippen LogP contribution in [0.2, 0.25) is 5.02 Å². The first-order chi connectivity index (χ1) is 9.06. The number of benzene rings is 1. The summed E-state index contributed by atoms with van der Waals surface area (Å²) in [7, 11) is 0. The van der Waals surface area contributed by atoms with Crippen LogP contribution in [-0.4, -0.2) is 23.3 Å². The maximum atomic E-state index is 11.8. The van der Waals surface area contributed by atoms with Gasteiger partial charge in [-0.25, -0.2) is 4.79 Å². The molecule has 0 aromatic heterocycles. The van der Waals surface area contributed by atoms with Gasteiger partial charge in [0.1, 0.15) is 0 Å². The first kappa shape index (κ1) is 14.2. The summed E-state index contributed by atoms with van der Waals surface area (Å²) in [6.45, 7) is 1.91. The van der Waals surface area contributed by atoms with Gasteiger partial charge in [-0.15, -0.1) is 0 Å². The molecule has 19 heavy (non-hydrogen) atoms. The van der Waals surface area contributed by atoms with Crippen LogP contribution in [0.25, 0.3) is 0 Å². The lowest BCUT2D eigenvalue weighted by molar-refractivity contribution is 0.0955. The van der Waals surface area contributed by atoms with Crippen molar-refractivity contribution in [1.29, 1.82) is 0 Å². The molecule has 1 aromatic carbocycles. The highest BCUT2D eigenvalue weighted by Crippen LogP contribution is 2.21. The van der Waals surface area contributed by atoms with Crippen LogP contribution < -0.4 is 10.6 Å². The summed E-state index contributed by atoms with van der Waals surface area (Å²) < 4.78 is 0. The zero-order chi connectivity index (χ0) is 13.8. The number of carbonyl (C=O) groups excluding carboxylic acids is 1. The maximum absolute atomic E-state index is 11.8. The molecule has 4 nitrogen and oxygen atoms in total. The summed E-state index contributed by atoms with van der Waals surface area (Å²) in [6, 6.07) is 4.92. The van der Waals surface area contributed by atoms with Crippen molar-refractivity contribution >= 4 is 23.3 Å². The van der Waals surface area contributed by atoms with Crippen molar-refractivity contribution in [2.24, 2.45) is 0 Å². The van der Waals surface area contributed by atoms with E-state index in [-0.39, 0.29) is 12.1 Å². The van der Waals surface area contributed by atoms with Gasteiger partial charge in [0.25, 0.3) is 0 Å². The fourth-order valence-corrected chi connectivity index (χ4v) is 2.47. The number of aryl methyl sites for hydroxylation is 1. The molecule has 1 saturated carbocycles. The molecule has 104 valence electrons. The minimum absolute atomic E-state index is 0.158. The summed E-state index contributed by atoms with van der Waals surface area (Å²) in [6.07, 6.45) is 3.19. The maximum Gasteiger partial charge on any atom is 0.319 e. The number of aliphatic hydroxyl groups excluding tert-OH is 1. The third-order valence-corrected chi connectivity index (χ3v) is 3.88. The highest BCUT2D eigenvalue weighted by Gasteiger charge is 2.24. The lowest BCUT2D eigenvalue weighted by Crippen LogP contribution is -2.46. The van der Waals surface area contributed by atoms with E-state index >= 15 is 0 Å². The molecule has 1 fully saturated rings. The first-order valence-electron chi connectivity index (χ1n) is 6.58. The van der Waals surface area contributed by atoms with E-state index < -0.39 is 6.10 Å². The van der Waals surface area contributed by atoms with Crippen molar-refractivity contribution < 1.29 is 9.90 Å². The molecule has 0 unspecified atom stereocenters. The molecule has 3 N–H and O–H groups in total. The highest BCUT2D eigenvalue weighted by atomic mass is 35.5. The molecule has 0 spiro atoms. The van der Waals surface area contributed by atoms with Crippen molar-refractivity contribution in [2.75, 3.05) is 5.32 Å². The van der Waals surface area contributed by atoms with Crippen LogP contribution in [-0.2, 0) is 0 Å². The lowest BCUT2D eigenvalue weighted by Gasteiger charge is -2.28. The summed E-state index contributed by atoms with van der Waals surface area (Å²) >= 11 is 6.00. The van der Waals surface area contributed by atoms with Gasteiger partial charge in [0.15, 0.2) is 0 Å². The fourth-order valence-electron chi connectivity index (χ4n) is 2.29. The van der Waals surface area contributed by atoms with Gasteiger partial charge in [0, 0.05) is 10.7 Å². The first-order valence-corrected chi connectivity index (χ1v) is 6.96. The molecule has 1 aliphatic rings. The zero-order valence-corrected chi connectivity index (χ0v) is 11.7. The smallest absolute Gasteiger partial charge is 0.319 e. The molecule has 0 bridgehead atoms. The predicted molar refractivity (Wildman–Crippen MR) is 76.6 cm³/mol. The number of hydrogen-bond acceptors (Lipinski definition) is 2. The number of urea groups is 1. The summed E-state index contributed by atoms with van der Waals surface area (Å²) in [5, 5.41) is 16.0. The lowest BCUT2D eigenvalue weighted by atomic mass is 9.93. The Balaban J connectivity index is 1.91. The van der Waals surface area contributed by atoms with Crippen molar-refractivity contribution in [3.8, 4) is 0 Å². The van der Waals surface area contributed by atoms with Crippen molar-refractivity contribution in [3.05, 3.63) is 28.8 Å². The molecule has 2 rings (SSSR count). The van der Waals surface area contributed by atoms with Crippen molar-refractivity contribution in [1.82, 2.24) is 5.32 Å². The minimum atomic E-state index is -0.443. The second kappa shape index (κ2) is 6.26. The second-order valence-corrected chi connectivity index (χ2v) is 5.43. The van der Waals surface area contributed by atoms with Crippen LogP contribution in [0.5, 0.6) is 0 Å². The molecule has 0 saturated heterocycles. The van der Waals surface area contributed by atoms with Gasteiger partial charge in [-0.2, -0.15) is 0 Å². The number of amides is 2. The van der Waals surface area contributed by atoms with Gasteiger partial charge in [-0.3, -0.25) is 0 Å². The van der Waals surface area contributed by atoms with E-state index in [0.717, 1.165) is 31.2 Å². The quantitative estimate of drug-likeness (QED) is 0.781. The van der Waals surface area contributed by atoms with Crippen LogP contribution in [0.1, 0.15) is 31.2 Å². The van der Waals surface area contributed by atoms with Gasteiger partial charge in [0.2, 0.25) is 0 Å².